The van der Waals surface area contributed by atoms with Gasteiger partial charge in [0.25, 0.3) is 0 Å². The molecule has 1 aromatic carbocycles. The number of benzene rings is 1. The number of H-pyrrole nitrogens is 1. The zero-order chi connectivity index (χ0) is 17.9. The van der Waals surface area contributed by atoms with Crippen LogP contribution in [0.15, 0.2) is 53.5 Å². The second-order valence-electron chi connectivity index (χ2n) is 6.33. The Morgan fingerprint density at radius 2 is 2.04 bits per heavy atom. The lowest BCUT2D eigenvalue weighted by Gasteiger charge is -2.33. The van der Waals surface area contributed by atoms with Crippen molar-refractivity contribution in [1.82, 2.24) is 19.7 Å². The number of nitrogens with one attached hydrogen (secondary N) is 1. The number of pyridine rings is 1. The molecule has 3 heterocycles. The van der Waals surface area contributed by atoms with E-state index in [1.807, 2.05) is 30.3 Å². The van der Waals surface area contributed by atoms with E-state index < -0.39 is 0 Å². The summed E-state index contributed by atoms with van der Waals surface area (Å²) >= 11 is 0. The van der Waals surface area contributed by atoms with Crippen LogP contribution in [-0.2, 0) is 0 Å². The van der Waals surface area contributed by atoms with Gasteiger partial charge in [-0.25, -0.2) is 19.4 Å². The van der Waals surface area contributed by atoms with Gasteiger partial charge in [0, 0.05) is 25.2 Å². The van der Waals surface area contributed by atoms with E-state index in [4.69, 9.17) is 0 Å². The number of aromatic amines is 1. The molecule has 1 atom stereocenters. The van der Waals surface area contributed by atoms with Crippen molar-refractivity contribution in [3.63, 3.8) is 0 Å². The molecular weight excluding hydrogens is 328 g/mol. The fraction of sp³-hybridized carbons (Fsp3) is 0.263. The van der Waals surface area contributed by atoms with Crippen LogP contribution in [0.25, 0.3) is 5.69 Å². The van der Waals surface area contributed by atoms with E-state index in [2.05, 4.69) is 26.2 Å². The van der Waals surface area contributed by atoms with Crippen LogP contribution in [0.4, 0.5) is 5.82 Å². The highest BCUT2D eigenvalue weighted by Gasteiger charge is 2.28. The maximum Gasteiger partial charge on any atom is 0.347 e. The molecule has 7 heteroatoms. The van der Waals surface area contributed by atoms with Crippen molar-refractivity contribution in [2.24, 2.45) is 0 Å². The molecule has 0 amide bonds. The summed E-state index contributed by atoms with van der Waals surface area (Å²) < 4.78 is 1.64. The van der Waals surface area contributed by atoms with Crippen LogP contribution in [0.2, 0.25) is 0 Å². The van der Waals surface area contributed by atoms with Gasteiger partial charge in [0.15, 0.2) is 0 Å². The van der Waals surface area contributed by atoms with Crippen LogP contribution in [0.5, 0.6) is 0 Å². The summed E-state index contributed by atoms with van der Waals surface area (Å²) in [5.41, 5.74) is 1.13. The van der Waals surface area contributed by atoms with Crippen LogP contribution >= 0.6 is 0 Å². The van der Waals surface area contributed by atoms with Gasteiger partial charge in [0.1, 0.15) is 17.7 Å². The lowest BCUT2D eigenvalue weighted by Crippen LogP contribution is -2.36. The molecule has 130 valence electrons. The number of hydrogen-bond donors (Lipinski definition) is 1. The van der Waals surface area contributed by atoms with Gasteiger partial charge < -0.3 is 4.90 Å². The largest absolute Gasteiger partial charge is 0.355 e. The summed E-state index contributed by atoms with van der Waals surface area (Å²) in [6.45, 7) is 1.50. The van der Waals surface area contributed by atoms with E-state index >= 15 is 0 Å². The Balaban J connectivity index is 1.68. The Hall–Kier alpha value is -3.40. The molecule has 1 saturated heterocycles. The first-order valence-corrected chi connectivity index (χ1v) is 8.60. The van der Waals surface area contributed by atoms with E-state index in [1.165, 1.54) is 0 Å². The molecule has 3 aromatic rings. The van der Waals surface area contributed by atoms with Crippen LogP contribution in [-0.4, -0.2) is 32.8 Å². The number of piperidine rings is 1. The third-order valence-corrected chi connectivity index (χ3v) is 4.71. The van der Waals surface area contributed by atoms with Crippen molar-refractivity contribution in [3.8, 4) is 11.8 Å². The van der Waals surface area contributed by atoms with Gasteiger partial charge in [0.05, 0.1) is 11.3 Å². The van der Waals surface area contributed by atoms with Crippen molar-refractivity contribution in [1.29, 1.82) is 5.26 Å². The Kier molecular flexibility index (Phi) is 4.23. The minimum atomic E-state index is -0.237. The smallest absolute Gasteiger partial charge is 0.347 e. The fourth-order valence-corrected chi connectivity index (χ4v) is 3.53. The van der Waals surface area contributed by atoms with E-state index in [0.29, 0.717) is 17.9 Å². The molecule has 7 nitrogen and oxygen atoms in total. The third kappa shape index (κ3) is 2.86. The molecule has 0 saturated carbocycles. The topological polar surface area (TPSA) is 90.6 Å². The number of hydrogen-bond acceptors (Lipinski definition) is 5. The summed E-state index contributed by atoms with van der Waals surface area (Å²) in [6, 6.07) is 15.3. The van der Waals surface area contributed by atoms with Gasteiger partial charge >= 0.3 is 5.69 Å². The molecule has 0 radical (unpaired) electrons. The van der Waals surface area contributed by atoms with Crippen molar-refractivity contribution < 1.29 is 0 Å². The number of nitriles is 1. The lowest BCUT2D eigenvalue weighted by atomic mass is 9.96. The third-order valence-electron chi connectivity index (χ3n) is 4.71. The quantitative estimate of drug-likeness (QED) is 0.785. The maximum atomic E-state index is 12.3. The minimum absolute atomic E-state index is 0.0801. The maximum absolute atomic E-state index is 12.3. The number of aromatic nitrogens is 4. The summed E-state index contributed by atoms with van der Waals surface area (Å²) in [6.07, 6.45) is 3.58. The molecule has 0 bridgehead atoms. The van der Waals surface area contributed by atoms with Gasteiger partial charge in [0.2, 0.25) is 0 Å². The minimum Gasteiger partial charge on any atom is -0.355 e. The summed E-state index contributed by atoms with van der Waals surface area (Å²) in [7, 11) is 0. The molecule has 26 heavy (non-hydrogen) atoms. The monoisotopic (exact) mass is 346 g/mol. The van der Waals surface area contributed by atoms with Gasteiger partial charge in [-0.05, 0) is 37.1 Å². The fourth-order valence-electron chi connectivity index (χ4n) is 3.53. The van der Waals surface area contributed by atoms with Crippen LogP contribution in [0.3, 0.4) is 0 Å². The molecule has 4 rings (SSSR count). The Morgan fingerprint density at radius 1 is 1.19 bits per heavy atom. The second-order valence-corrected chi connectivity index (χ2v) is 6.33. The van der Waals surface area contributed by atoms with Gasteiger partial charge in [-0.2, -0.15) is 10.4 Å². The Morgan fingerprint density at radius 3 is 2.85 bits per heavy atom. The summed E-state index contributed by atoms with van der Waals surface area (Å²) in [5, 5.41) is 16.2. The van der Waals surface area contributed by atoms with Crippen molar-refractivity contribution in [2.45, 2.75) is 18.8 Å². The van der Waals surface area contributed by atoms with Gasteiger partial charge in [-0.1, -0.05) is 18.2 Å². The van der Waals surface area contributed by atoms with Crippen molar-refractivity contribution in [2.75, 3.05) is 18.0 Å². The van der Waals surface area contributed by atoms with Crippen LogP contribution in [0.1, 0.15) is 30.1 Å². The zero-order valence-electron chi connectivity index (χ0n) is 14.2. The molecule has 1 unspecified atom stereocenters. The molecule has 1 N–H and O–H groups in total. The molecular formula is C19H18N6O. The highest BCUT2D eigenvalue weighted by molar-refractivity contribution is 5.54. The number of anilines is 1. The van der Waals surface area contributed by atoms with E-state index in [1.54, 1.807) is 22.9 Å². The van der Waals surface area contributed by atoms with Crippen molar-refractivity contribution in [3.05, 3.63) is 70.5 Å². The van der Waals surface area contributed by atoms with E-state index in [9.17, 15) is 10.1 Å². The predicted molar refractivity (Wildman–Crippen MR) is 97.3 cm³/mol. The standard InChI is InChI=1S/C19H18N6O/c20-12-14-6-4-10-21-17(14)24-11-5-7-15(13-24)18-22-23-19(26)25(18)16-8-2-1-3-9-16/h1-4,6,8-10,15H,5,7,11,13H2,(H,23,26). The highest BCUT2D eigenvalue weighted by Crippen LogP contribution is 2.29. The van der Waals surface area contributed by atoms with Crippen LogP contribution in [0, 0.1) is 11.3 Å². The SMILES string of the molecule is N#Cc1cccnc1N1CCCC(c2n[nH]c(=O)n2-c2ccccc2)C1. The number of para-hydroxylation sites is 1. The first-order chi connectivity index (χ1) is 12.8. The van der Waals surface area contributed by atoms with Crippen molar-refractivity contribution >= 4 is 5.82 Å². The lowest BCUT2D eigenvalue weighted by molar-refractivity contribution is 0.482. The zero-order valence-corrected chi connectivity index (χ0v) is 14.2. The molecule has 1 aliphatic heterocycles. The van der Waals surface area contributed by atoms with Crippen LogP contribution < -0.4 is 10.6 Å². The van der Waals surface area contributed by atoms with E-state index in [0.717, 1.165) is 30.9 Å². The Bertz CT molecular complexity index is 1000. The average Bonchev–Trinajstić information content (AvgIpc) is 3.10. The summed E-state index contributed by atoms with van der Waals surface area (Å²) in [5.74, 6) is 1.50. The average molecular weight is 346 g/mol. The number of rotatable bonds is 3. The molecule has 0 spiro atoms. The first kappa shape index (κ1) is 16.1. The summed E-state index contributed by atoms with van der Waals surface area (Å²) in [4.78, 5) is 18.8. The van der Waals surface area contributed by atoms with Gasteiger partial charge in [-0.15, -0.1) is 0 Å². The normalized spacial score (nSPS) is 17.0. The first-order valence-electron chi connectivity index (χ1n) is 8.60. The van der Waals surface area contributed by atoms with Gasteiger partial charge in [-0.3, -0.25) is 0 Å². The predicted octanol–water partition coefficient (Wildman–Crippen LogP) is 2.21. The van der Waals surface area contributed by atoms with E-state index in [-0.39, 0.29) is 11.6 Å². The molecule has 1 aliphatic rings. The highest BCUT2D eigenvalue weighted by atomic mass is 16.1. The molecule has 1 fully saturated rings. The number of nitrogens with zero attached hydrogens (tertiary/aromatic N) is 5. The molecule has 0 aliphatic carbocycles. The second kappa shape index (κ2) is 6.84. The Labute approximate surface area is 150 Å². The molecule has 2 aromatic heterocycles.